The van der Waals surface area contributed by atoms with Crippen molar-refractivity contribution >= 4 is 22.7 Å². The van der Waals surface area contributed by atoms with Crippen molar-refractivity contribution < 1.29 is 18.7 Å². The van der Waals surface area contributed by atoms with Gasteiger partial charge in [-0.05, 0) is 49.2 Å². The third-order valence-corrected chi connectivity index (χ3v) is 4.62. The normalized spacial score (nSPS) is 16.1. The van der Waals surface area contributed by atoms with Crippen LogP contribution >= 0.6 is 0 Å². The molecule has 2 N–H and O–H groups in total. The molecular weight excluding hydrogens is 361 g/mol. The maximum absolute atomic E-state index is 13.2. The molecule has 7 heteroatoms. The van der Waals surface area contributed by atoms with E-state index < -0.39 is 12.0 Å². The number of carbonyl (C=O) groups is 2. The fourth-order valence-electron chi connectivity index (χ4n) is 3.18. The van der Waals surface area contributed by atoms with E-state index in [1.54, 1.807) is 30.3 Å². The maximum Gasteiger partial charge on any atom is 0.270 e. The number of hydrogen-bond donors (Lipinski definition) is 2. The first-order chi connectivity index (χ1) is 13.6. The second-order valence-corrected chi connectivity index (χ2v) is 6.52. The van der Waals surface area contributed by atoms with Crippen LogP contribution in [0.4, 0.5) is 4.39 Å². The van der Waals surface area contributed by atoms with E-state index in [0.29, 0.717) is 40.8 Å². The molecule has 1 aliphatic rings. The number of fused-ring (bicyclic) bond motifs is 1. The van der Waals surface area contributed by atoms with Crippen LogP contribution in [0.2, 0.25) is 0 Å². The van der Waals surface area contributed by atoms with Gasteiger partial charge >= 0.3 is 0 Å². The average Bonchev–Trinajstić information content (AvgIpc) is 3.26. The topological polar surface area (TPSA) is 80.3 Å². The SMILES string of the molecule is O=C(NNC(=O)[C@H]1CCCO1)c1cc(-c2ccc(F)cc2)nc2ccccc12. The molecule has 4 rings (SSSR count). The molecule has 1 atom stereocenters. The van der Waals surface area contributed by atoms with Crippen LogP contribution in [0.3, 0.4) is 0 Å². The molecule has 3 aromatic rings. The average molecular weight is 379 g/mol. The Balaban J connectivity index is 1.63. The van der Waals surface area contributed by atoms with Gasteiger partial charge in [-0.1, -0.05) is 18.2 Å². The number of rotatable bonds is 3. The Labute approximate surface area is 160 Å². The first-order valence-corrected chi connectivity index (χ1v) is 8.99. The summed E-state index contributed by atoms with van der Waals surface area (Å²) in [5.41, 5.74) is 7.08. The van der Waals surface area contributed by atoms with Gasteiger partial charge in [0.05, 0.1) is 16.8 Å². The summed E-state index contributed by atoms with van der Waals surface area (Å²) in [6.45, 7) is 0.544. The number of halogens is 1. The summed E-state index contributed by atoms with van der Waals surface area (Å²) in [5, 5.41) is 0.650. The Morgan fingerprint density at radius 2 is 1.86 bits per heavy atom. The van der Waals surface area contributed by atoms with E-state index in [-0.39, 0.29) is 11.7 Å². The molecule has 0 bridgehead atoms. The Hall–Kier alpha value is -3.32. The van der Waals surface area contributed by atoms with Crippen LogP contribution in [0.25, 0.3) is 22.2 Å². The predicted molar refractivity (Wildman–Crippen MR) is 102 cm³/mol. The van der Waals surface area contributed by atoms with Crippen molar-refractivity contribution in [3.8, 4) is 11.3 Å². The van der Waals surface area contributed by atoms with Crippen molar-refractivity contribution in [1.29, 1.82) is 0 Å². The molecule has 0 aliphatic carbocycles. The summed E-state index contributed by atoms with van der Waals surface area (Å²) in [6.07, 6.45) is 0.917. The molecule has 1 saturated heterocycles. The predicted octanol–water partition coefficient (Wildman–Crippen LogP) is 2.98. The summed E-state index contributed by atoms with van der Waals surface area (Å²) in [6, 6.07) is 14.7. The lowest BCUT2D eigenvalue weighted by molar-refractivity contribution is -0.130. The number of hydrogen-bond acceptors (Lipinski definition) is 4. The van der Waals surface area contributed by atoms with Gasteiger partial charge in [0.15, 0.2) is 0 Å². The molecular formula is C21H18FN3O3. The van der Waals surface area contributed by atoms with Crippen molar-refractivity contribution in [3.63, 3.8) is 0 Å². The van der Waals surface area contributed by atoms with Crippen molar-refractivity contribution in [2.24, 2.45) is 0 Å². The smallest absolute Gasteiger partial charge is 0.270 e. The van der Waals surface area contributed by atoms with E-state index >= 15 is 0 Å². The lowest BCUT2D eigenvalue weighted by atomic mass is 10.0. The zero-order chi connectivity index (χ0) is 19.5. The number of hydrazine groups is 1. The minimum Gasteiger partial charge on any atom is -0.368 e. The zero-order valence-corrected chi connectivity index (χ0v) is 14.9. The van der Waals surface area contributed by atoms with Gasteiger partial charge in [0.25, 0.3) is 11.8 Å². The minimum absolute atomic E-state index is 0.348. The highest BCUT2D eigenvalue weighted by Gasteiger charge is 2.24. The Kier molecular flexibility index (Phi) is 4.99. The molecule has 0 spiro atoms. The lowest BCUT2D eigenvalue weighted by Gasteiger charge is -2.13. The molecule has 142 valence electrons. The molecule has 0 radical (unpaired) electrons. The highest BCUT2D eigenvalue weighted by Crippen LogP contribution is 2.25. The summed E-state index contributed by atoms with van der Waals surface area (Å²) in [4.78, 5) is 29.4. The van der Waals surface area contributed by atoms with Crippen LogP contribution < -0.4 is 10.9 Å². The number of pyridine rings is 1. The zero-order valence-electron chi connectivity index (χ0n) is 14.9. The molecule has 6 nitrogen and oxygen atoms in total. The lowest BCUT2D eigenvalue weighted by Crippen LogP contribution is -2.46. The quantitative estimate of drug-likeness (QED) is 0.686. The molecule has 28 heavy (non-hydrogen) atoms. The van der Waals surface area contributed by atoms with Gasteiger partial charge in [-0.25, -0.2) is 9.37 Å². The number of nitrogens with one attached hydrogen (secondary N) is 2. The van der Waals surface area contributed by atoms with E-state index in [2.05, 4.69) is 15.8 Å². The van der Waals surface area contributed by atoms with Crippen molar-refractivity contribution in [3.05, 3.63) is 66.0 Å². The first-order valence-electron chi connectivity index (χ1n) is 8.99. The third kappa shape index (κ3) is 3.70. The Morgan fingerprint density at radius 3 is 2.61 bits per heavy atom. The number of carbonyl (C=O) groups excluding carboxylic acids is 2. The fraction of sp³-hybridized carbons (Fsp3) is 0.190. The van der Waals surface area contributed by atoms with Crippen LogP contribution in [0, 0.1) is 5.82 Å². The summed E-state index contributed by atoms with van der Waals surface area (Å²) in [7, 11) is 0. The maximum atomic E-state index is 13.2. The standard InChI is InChI=1S/C21H18FN3O3/c22-14-9-7-13(8-10-14)18-12-16(15-4-1-2-5-17(15)23-18)20(26)24-25-21(27)19-6-3-11-28-19/h1-2,4-5,7-10,12,19H,3,6,11H2,(H,24,26)(H,25,27)/t19-/m1/s1. The first kappa shape index (κ1) is 18.1. The van der Waals surface area contributed by atoms with Gasteiger partial charge in [-0.3, -0.25) is 20.4 Å². The van der Waals surface area contributed by atoms with Gasteiger partial charge in [0.1, 0.15) is 11.9 Å². The van der Waals surface area contributed by atoms with E-state index in [0.717, 1.165) is 6.42 Å². The molecule has 1 aromatic heterocycles. The molecule has 1 aliphatic heterocycles. The van der Waals surface area contributed by atoms with Gasteiger partial charge < -0.3 is 4.74 Å². The van der Waals surface area contributed by atoms with Crippen LogP contribution in [0.5, 0.6) is 0 Å². The number of nitrogens with zero attached hydrogens (tertiary/aromatic N) is 1. The summed E-state index contributed by atoms with van der Waals surface area (Å²) in [5.74, 6) is -1.18. The molecule has 0 unspecified atom stereocenters. The van der Waals surface area contributed by atoms with Crippen LogP contribution in [-0.4, -0.2) is 29.5 Å². The van der Waals surface area contributed by atoms with Crippen molar-refractivity contribution in [1.82, 2.24) is 15.8 Å². The Bertz CT molecular complexity index is 1030. The third-order valence-electron chi connectivity index (χ3n) is 4.62. The van der Waals surface area contributed by atoms with Gasteiger partial charge in [0.2, 0.25) is 0 Å². The molecule has 1 fully saturated rings. The van der Waals surface area contributed by atoms with E-state index in [1.165, 1.54) is 12.1 Å². The summed E-state index contributed by atoms with van der Waals surface area (Å²) < 4.78 is 18.5. The molecule has 2 aromatic carbocycles. The summed E-state index contributed by atoms with van der Waals surface area (Å²) >= 11 is 0. The molecule has 0 saturated carbocycles. The number of amides is 2. The van der Waals surface area contributed by atoms with Gasteiger partial charge in [-0.15, -0.1) is 0 Å². The van der Waals surface area contributed by atoms with E-state index in [9.17, 15) is 14.0 Å². The van der Waals surface area contributed by atoms with E-state index in [4.69, 9.17) is 4.74 Å². The second kappa shape index (κ2) is 7.74. The highest BCUT2D eigenvalue weighted by molar-refractivity contribution is 6.07. The van der Waals surface area contributed by atoms with E-state index in [1.807, 2.05) is 12.1 Å². The van der Waals surface area contributed by atoms with Gasteiger partial charge in [-0.2, -0.15) is 0 Å². The van der Waals surface area contributed by atoms with Gasteiger partial charge in [0, 0.05) is 17.6 Å². The largest absolute Gasteiger partial charge is 0.368 e. The number of benzene rings is 2. The van der Waals surface area contributed by atoms with Crippen molar-refractivity contribution in [2.45, 2.75) is 18.9 Å². The van der Waals surface area contributed by atoms with Crippen LogP contribution in [0.1, 0.15) is 23.2 Å². The van der Waals surface area contributed by atoms with Crippen LogP contribution in [-0.2, 0) is 9.53 Å². The monoisotopic (exact) mass is 379 g/mol. The van der Waals surface area contributed by atoms with Crippen LogP contribution in [0.15, 0.2) is 54.6 Å². The fourth-order valence-corrected chi connectivity index (χ4v) is 3.18. The molecule has 2 amide bonds. The highest BCUT2D eigenvalue weighted by atomic mass is 19.1. The molecule has 2 heterocycles. The van der Waals surface area contributed by atoms with Crippen molar-refractivity contribution in [2.75, 3.05) is 6.61 Å². The number of ether oxygens (including phenoxy) is 1. The minimum atomic E-state index is -0.538. The number of para-hydroxylation sites is 1. The Morgan fingerprint density at radius 1 is 1.07 bits per heavy atom. The second-order valence-electron chi connectivity index (χ2n) is 6.52. The number of aromatic nitrogens is 1.